The van der Waals surface area contributed by atoms with Gasteiger partial charge in [-0.2, -0.15) is 0 Å². The Hall–Kier alpha value is -3.61. The van der Waals surface area contributed by atoms with Gasteiger partial charge in [0.1, 0.15) is 17.6 Å². The monoisotopic (exact) mass is 545 g/mol. The zero-order chi connectivity index (χ0) is 28.2. The van der Waals surface area contributed by atoms with Gasteiger partial charge in [0.05, 0.1) is 32.3 Å². The first-order valence-electron chi connectivity index (χ1n) is 14.4. The Bertz CT molecular complexity index is 1320. The number of aliphatic imine (C=N–C) groups is 1. The molecule has 3 aliphatic rings. The second-order valence-electron chi connectivity index (χ2n) is 10.9. The first kappa shape index (κ1) is 27.9. The van der Waals surface area contributed by atoms with Gasteiger partial charge in [0.25, 0.3) is 0 Å². The van der Waals surface area contributed by atoms with E-state index in [2.05, 4.69) is 0 Å². The minimum absolute atomic E-state index is 0.0405. The smallest absolute Gasteiger partial charge is 0.336 e. The van der Waals surface area contributed by atoms with E-state index >= 15 is 0 Å². The molecule has 0 aromatic heterocycles. The molecule has 2 aliphatic carbocycles. The quantitative estimate of drug-likeness (QED) is 0.350. The highest BCUT2D eigenvalue weighted by Crippen LogP contribution is 2.47. The fourth-order valence-corrected chi connectivity index (χ4v) is 6.51. The van der Waals surface area contributed by atoms with E-state index in [0.717, 1.165) is 42.5 Å². The van der Waals surface area contributed by atoms with Gasteiger partial charge in [-0.1, -0.05) is 24.6 Å². The third-order valence-electron chi connectivity index (χ3n) is 8.41. The average Bonchev–Trinajstić information content (AvgIpc) is 2.96. The summed E-state index contributed by atoms with van der Waals surface area (Å²) in [6.45, 7) is 4.33. The van der Waals surface area contributed by atoms with E-state index < -0.39 is 11.8 Å². The summed E-state index contributed by atoms with van der Waals surface area (Å²) in [4.78, 5) is 32.7. The lowest BCUT2D eigenvalue weighted by Crippen LogP contribution is -2.41. The summed E-state index contributed by atoms with van der Waals surface area (Å²) in [6.07, 6.45) is 5.96. The summed E-state index contributed by atoms with van der Waals surface area (Å²) >= 11 is 0. The van der Waals surface area contributed by atoms with E-state index in [1.54, 1.807) is 14.2 Å². The zero-order valence-electron chi connectivity index (χ0n) is 23.9. The number of Topliss-reactive ketones (excluding diaryl/α,β-unsaturated/α-hetero) is 1. The lowest BCUT2D eigenvalue weighted by atomic mass is 9.66. The topological polar surface area (TPSA) is 83.4 Å². The van der Waals surface area contributed by atoms with Crippen LogP contribution in [0.3, 0.4) is 0 Å². The lowest BCUT2D eigenvalue weighted by Gasteiger charge is -2.38. The number of benzene rings is 2. The molecule has 0 amide bonds. The molecule has 0 radical (unpaired) electrons. The minimum atomic E-state index is -0.522. The molecule has 1 unspecified atom stereocenters. The lowest BCUT2D eigenvalue weighted by molar-refractivity contribution is -0.146. The van der Waals surface area contributed by atoms with Gasteiger partial charge in [0.2, 0.25) is 0 Å². The summed E-state index contributed by atoms with van der Waals surface area (Å²) in [5.41, 5.74) is 3.81. The Labute approximate surface area is 236 Å². The van der Waals surface area contributed by atoms with Gasteiger partial charge in [-0.25, -0.2) is 4.79 Å². The van der Waals surface area contributed by atoms with E-state index in [0.29, 0.717) is 48.0 Å². The summed E-state index contributed by atoms with van der Waals surface area (Å²) in [6, 6.07) is 13.6. The molecule has 2 saturated carbocycles. The van der Waals surface area contributed by atoms with E-state index in [9.17, 15) is 9.59 Å². The molecule has 2 aromatic carbocycles. The number of rotatable bonds is 8. The number of fused-ring (bicyclic) bond motifs is 1. The number of esters is 1. The molecule has 0 bridgehead atoms. The van der Waals surface area contributed by atoms with Crippen LogP contribution >= 0.6 is 0 Å². The molecular weight excluding hydrogens is 506 g/mol. The number of methoxy groups -OCH3 is 2. The Kier molecular flexibility index (Phi) is 8.57. The van der Waals surface area contributed by atoms with Crippen molar-refractivity contribution in [2.45, 2.75) is 76.7 Å². The molecule has 0 spiro atoms. The average molecular weight is 546 g/mol. The number of ketones is 1. The van der Waals surface area contributed by atoms with Gasteiger partial charge >= 0.3 is 5.97 Å². The minimum Gasteiger partial charge on any atom is -0.494 e. The van der Waals surface area contributed by atoms with Crippen LogP contribution < -0.4 is 14.2 Å². The summed E-state index contributed by atoms with van der Waals surface area (Å²) in [5, 5.41) is 0. The van der Waals surface area contributed by atoms with Crippen molar-refractivity contribution in [2.75, 3.05) is 20.8 Å². The van der Waals surface area contributed by atoms with Crippen LogP contribution in [0.25, 0.3) is 0 Å². The second kappa shape index (κ2) is 12.3. The maximum Gasteiger partial charge on any atom is 0.336 e. The Morgan fingerprint density at radius 3 is 2.42 bits per heavy atom. The third-order valence-corrected chi connectivity index (χ3v) is 8.41. The molecule has 1 heterocycles. The number of carbonyl (C=O) groups excluding carboxylic acids is 2. The number of hydrogen-bond acceptors (Lipinski definition) is 7. The van der Waals surface area contributed by atoms with E-state index in [1.165, 1.54) is 6.42 Å². The molecule has 2 fully saturated rings. The van der Waals surface area contributed by atoms with Crippen LogP contribution in [-0.4, -0.2) is 44.4 Å². The van der Waals surface area contributed by atoms with Gasteiger partial charge in [-0.3, -0.25) is 9.79 Å². The number of nitrogens with zero attached hydrogens (tertiary/aromatic N) is 1. The van der Waals surface area contributed by atoms with E-state index in [-0.39, 0.29) is 23.8 Å². The van der Waals surface area contributed by atoms with E-state index in [1.807, 2.05) is 56.3 Å². The van der Waals surface area contributed by atoms with Crippen molar-refractivity contribution < 1.29 is 28.5 Å². The fraction of sp³-hybridized carbons (Fsp3) is 0.485. The molecule has 40 heavy (non-hydrogen) atoms. The van der Waals surface area contributed by atoms with Crippen LogP contribution in [0.5, 0.6) is 17.2 Å². The standard InChI is InChI=1S/C33H39NO6/c1-5-39-25-13-9-10-22(16-25)31-30(33(36)40-24-11-7-6-8-12-24)20(2)34-26-17-23(18-27(35)32(26)31)21-14-15-28(37-3)29(19-21)38-4/h9-10,13-16,19,23-24,31-32H,5-8,11-12,17-18H2,1-4H3/t23-,31-,32?/m0/s1. The third kappa shape index (κ3) is 5.65. The van der Waals surface area contributed by atoms with Crippen LogP contribution in [0.1, 0.15) is 81.8 Å². The van der Waals surface area contributed by atoms with Crippen LogP contribution in [0, 0.1) is 5.92 Å². The van der Waals surface area contributed by atoms with E-state index in [4.69, 9.17) is 23.9 Å². The van der Waals surface area contributed by atoms with Crippen LogP contribution in [0.15, 0.2) is 58.7 Å². The van der Waals surface area contributed by atoms with Crippen LogP contribution in [0.2, 0.25) is 0 Å². The predicted octanol–water partition coefficient (Wildman–Crippen LogP) is 6.55. The molecule has 1 aliphatic heterocycles. The highest BCUT2D eigenvalue weighted by atomic mass is 16.5. The predicted molar refractivity (Wildman–Crippen MR) is 153 cm³/mol. The number of ether oxygens (including phenoxy) is 4. The fourth-order valence-electron chi connectivity index (χ4n) is 6.51. The normalized spacial score (nSPS) is 23.2. The van der Waals surface area contributed by atoms with Crippen molar-refractivity contribution in [3.63, 3.8) is 0 Å². The Morgan fingerprint density at radius 2 is 1.70 bits per heavy atom. The summed E-state index contributed by atoms with van der Waals surface area (Å²) in [7, 11) is 3.22. The molecule has 0 N–H and O–H groups in total. The van der Waals surface area contributed by atoms with Crippen molar-refractivity contribution in [1.82, 2.24) is 0 Å². The van der Waals surface area contributed by atoms with Gasteiger partial charge in [0, 0.05) is 23.7 Å². The van der Waals surface area contributed by atoms with Gasteiger partial charge in [-0.05, 0) is 87.3 Å². The molecular formula is C33H39NO6. The Morgan fingerprint density at radius 1 is 0.925 bits per heavy atom. The van der Waals surface area contributed by atoms with Gasteiger partial charge in [0.15, 0.2) is 11.5 Å². The Balaban J connectivity index is 1.53. The van der Waals surface area contributed by atoms with Crippen molar-refractivity contribution in [1.29, 1.82) is 0 Å². The maximum atomic E-state index is 14.0. The van der Waals surface area contributed by atoms with Gasteiger partial charge in [-0.15, -0.1) is 0 Å². The zero-order valence-corrected chi connectivity index (χ0v) is 23.9. The molecule has 5 rings (SSSR count). The summed E-state index contributed by atoms with van der Waals surface area (Å²) < 4.78 is 22.8. The number of carbonyl (C=O) groups is 2. The molecule has 7 nitrogen and oxygen atoms in total. The maximum absolute atomic E-state index is 14.0. The number of hydrogen-bond donors (Lipinski definition) is 0. The first-order chi connectivity index (χ1) is 19.4. The van der Waals surface area contributed by atoms with Crippen LogP contribution in [-0.2, 0) is 14.3 Å². The molecule has 2 aromatic rings. The SMILES string of the molecule is CCOc1cccc([C@H]2C(C(=O)OC3CCCCC3)=C(C)N=C3C[C@H](c4ccc(OC)c(OC)c4)CC(=O)C32)c1. The molecule has 212 valence electrons. The van der Waals surface area contributed by atoms with Crippen molar-refractivity contribution in [3.05, 3.63) is 64.9 Å². The van der Waals surface area contributed by atoms with Crippen molar-refractivity contribution >= 4 is 17.5 Å². The van der Waals surface area contributed by atoms with Crippen molar-refractivity contribution in [2.24, 2.45) is 10.9 Å². The highest BCUT2D eigenvalue weighted by molar-refractivity contribution is 6.12. The largest absolute Gasteiger partial charge is 0.494 e. The molecule has 0 saturated heterocycles. The highest BCUT2D eigenvalue weighted by Gasteiger charge is 2.46. The van der Waals surface area contributed by atoms with Gasteiger partial charge < -0.3 is 18.9 Å². The second-order valence-corrected chi connectivity index (χ2v) is 10.9. The first-order valence-corrected chi connectivity index (χ1v) is 14.4. The van der Waals surface area contributed by atoms with Crippen molar-refractivity contribution in [3.8, 4) is 17.2 Å². The summed E-state index contributed by atoms with van der Waals surface area (Å²) in [5.74, 6) is 0.689. The number of allylic oxidation sites excluding steroid dienone is 1. The molecule has 3 atom stereocenters. The molecule has 7 heteroatoms. The van der Waals surface area contributed by atoms with Crippen LogP contribution in [0.4, 0.5) is 0 Å².